The van der Waals surface area contributed by atoms with Gasteiger partial charge in [0.2, 0.25) is 0 Å². The largest absolute Gasteiger partial charge is 0.495 e. The highest BCUT2D eigenvalue weighted by Gasteiger charge is 2.19. The summed E-state index contributed by atoms with van der Waals surface area (Å²) in [7, 11) is 1.54. The van der Waals surface area contributed by atoms with Crippen LogP contribution in [0.4, 0.5) is 0 Å². The first-order valence-corrected chi connectivity index (χ1v) is 5.83. The van der Waals surface area contributed by atoms with Gasteiger partial charge >= 0.3 is 5.97 Å². The van der Waals surface area contributed by atoms with E-state index < -0.39 is 0 Å². The fourth-order valence-electron chi connectivity index (χ4n) is 1.41. The van der Waals surface area contributed by atoms with Crippen LogP contribution in [0.25, 0.3) is 0 Å². The average molecular weight is 287 g/mol. The number of carbonyl (C=O) groups is 1. The van der Waals surface area contributed by atoms with E-state index in [1.165, 1.54) is 7.11 Å². The third-order valence-corrected chi connectivity index (χ3v) is 3.38. The van der Waals surface area contributed by atoms with Crippen molar-refractivity contribution in [2.24, 2.45) is 0 Å². The molecule has 1 aromatic rings. The predicted octanol–water partition coefficient (Wildman–Crippen LogP) is 3.25. The van der Waals surface area contributed by atoms with Gasteiger partial charge in [-0.3, -0.25) is 0 Å². The zero-order valence-corrected chi connectivity index (χ0v) is 11.5. The molecule has 0 atom stereocenters. The van der Waals surface area contributed by atoms with Gasteiger partial charge in [0.05, 0.1) is 18.2 Å². The van der Waals surface area contributed by atoms with E-state index in [1.807, 2.05) is 13.8 Å². The maximum atomic E-state index is 11.7. The normalized spacial score (nSPS) is 10.1. The first-order valence-electron chi connectivity index (χ1n) is 5.03. The van der Waals surface area contributed by atoms with E-state index in [2.05, 4.69) is 15.9 Å². The summed E-state index contributed by atoms with van der Waals surface area (Å²) < 4.78 is 11.0. The zero-order chi connectivity index (χ0) is 12.3. The smallest absolute Gasteiger partial charge is 0.341 e. The molecule has 1 aromatic carbocycles. The number of aryl methyl sites for hydroxylation is 1. The Kier molecular flexibility index (Phi) is 4.35. The van der Waals surface area contributed by atoms with Crippen LogP contribution in [-0.4, -0.2) is 19.7 Å². The summed E-state index contributed by atoms with van der Waals surface area (Å²) in [5, 5.41) is 0. The highest BCUT2D eigenvalue weighted by Crippen LogP contribution is 2.34. The summed E-state index contributed by atoms with van der Waals surface area (Å²) >= 11 is 3.43. The van der Waals surface area contributed by atoms with Crippen molar-refractivity contribution < 1.29 is 14.3 Å². The van der Waals surface area contributed by atoms with Crippen LogP contribution in [0, 0.1) is 13.8 Å². The Morgan fingerprint density at radius 2 is 2.06 bits per heavy atom. The number of esters is 1. The van der Waals surface area contributed by atoms with Crippen LogP contribution >= 0.6 is 15.9 Å². The van der Waals surface area contributed by atoms with Crippen LogP contribution in [0.3, 0.4) is 0 Å². The number of methoxy groups -OCH3 is 1. The Balaban J connectivity index is 3.33. The molecule has 88 valence electrons. The van der Waals surface area contributed by atoms with E-state index in [9.17, 15) is 4.79 Å². The van der Waals surface area contributed by atoms with Crippen LogP contribution in [0.2, 0.25) is 0 Å². The topological polar surface area (TPSA) is 35.5 Å². The molecule has 0 heterocycles. The van der Waals surface area contributed by atoms with Gasteiger partial charge in [-0.2, -0.15) is 0 Å². The molecule has 0 aliphatic carbocycles. The van der Waals surface area contributed by atoms with E-state index in [0.717, 1.165) is 15.6 Å². The molecule has 3 nitrogen and oxygen atoms in total. The van der Waals surface area contributed by atoms with E-state index >= 15 is 0 Å². The molecule has 0 N–H and O–H groups in total. The quantitative estimate of drug-likeness (QED) is 0.800. The third-order valence-electron chi connectivity index (χ3n) is 2.43. The van der Waals surface area contributed by atoms with Crippen molar-refractivity contribution in [1.29, 1.82) is 0 Å². The predicted molar refractivity (Wildman–Crippen MR) is 66.1 cm³/mol. The van der Waals surface area contributed by atoms with Gasteiger partial charge < -0.3 is 9.47 Å². The molecule has 0 saturated carbocycles. The standard InChI is InChI=1S/C12H15BrO3/c1-5-16-12(14)9-6-7(2)8(3)10(13)11(9)15-4/h6H,5H2,1-4H3. The van der Waals surface area contributed by atoms with E-state index in [0.29, 0.717) is 17.9 Å². The molecule has 1 rings (SSSR count). The highest BCUT2D eigenvalue weighted by molar-refractivity contribution is 9.10. The minimum absolute atomic E-state index is 0.354. The lowest BCUT2D eigenvalue weighted by molar-refractivity contribution is 0.0522. The first-order chi connectivity index (χ1) is 7.52. The molecule has 0 aromatic heterocycles. The Morgan fingerprint density at radius 3 is 2.56 bits per heavy atom. The lowest BCUT2D eigenvalue weighted by atomic mass is 10.1. The van der Waals surface area contributed by atoms with Crippen molar-refractivity contribution >= 4 is 21.9 Å². The van der Waals surface area contributed by atoms with Gasteiger partial charge in [-0.05, 0) is 53.9 Å². The minimum atomic E-state index is -0.358. The molecule has 0 aliphatic heterocycles. The molecule has 16 heavy (non-hydrogen) atoms. The van der Waals surface area contributed by atoms with E-state index in [4.69, 9.17) is 9.47 Å². The fourth-order valence-corrected chi connectivity index (χ4v) is 2.10. The molecular weight excluding hydrogens is 272 g/mol. The Labute approximate surface area is 104 Å². The van der Waals surface area contributed by atoms with Gasteiger partial charge in [0.15, 0.2) is 0 Å². The van der Waals surface area contributed by atoms with Crippen LogP contribution < -0.4 is 4.74 Å². The molecule has 0 spiro atoms. The highest BCUT2D eigenvalue weighted by atomic mass is 79.9. The Bertz CT molecular complexity index is 413. The van der Waals surface area contributed by atoms with Crippen LogP contribution in [0.5, 0.6) is 5.75 Å². The lowest BCUT2D eigenvalue weighted by Gasteiger charge is -2.13. The molecule has 0 bridgehead atoms. The second kappa shape index (κ2) is 5.34. The van der Waals surface area contributed by atoms with Crippen molar-refractivity contribution in [3.8, 4) is 5.75 Å². The fraction of sp³-hybridized carbons (Fsp3) is 0.417. The molecular formula is C12H15BrO3. The van der Waals surface area contributed by atoms with Crippen molar-refractivity contribution in [3.63, 3.8) is 0 Å². The number of hydrogen-bond donors (Lipinski definition) is 0. The number of carbonyl (C=O) groups excluding carboxylic acids is 1. The summed E-state index contributed by atoms with van der Waals surface area (Å²) in [5.41, 5.74) is 2.54. The van der Waals surface area contributed by atoms with Crippen molar-refractivity contribution in [2.75, 3.05) is 13.7 Å². The van der Waals surface area contributed by atoms with Crippen molar-refractivity contribution in [1.82, 2.24) is 0 Å². The van der Waals surface area contributed by atoms with Gasteiger partial charge in [-0.1, -0.05) is 0 Å². The number of rotatable bonds is 3. The second-order valence-corrected chi connectivity index (χ2v) is 4.23. The number of benzene rings is 1. The summed E-state index contributed by atoms with van der Waals surface area (Å²) in [4.78, 5) is 11.7. The van der Waals surface area contributed by atoms with Gasteiger partial charge in [-0.15, -0.1) is 0 Å². The Hall–Kier alpha value is -1.03. The van der Waals surface area contributed by atoms with Crippen molar-refractivity contribution in [2.45, 2.75) is 20.8 Å². The summed E-state index contributed by atoms with van der Waals surface area (Å²) in [6, 6.07) is 1.79. The second-order valence-electron chi connectivity index (χ2n) is 3.43. The van der Waals surface area contributed by atoms with E-state index in [1.54, 1.807) is 13.0 Å². The summed E-state index contributed by atoms with van der Waals surface area (Å²) in [6.45, 7) is 6.05. The lowest BCUT2D eigenvalue weighted by Crippen LogP contribution is -2.08. The minimum Gasteiger partial charge on any atom is -0.495 e. The monoisotopic (exact) mass is 286 g/mol. The van der Waals surface area contributed by atoms with Crippen LogP contribution in [-0.2, 0) is 4.74 Å². The van der Waals surface area contributed by atoms with E-state index in [-0.39, 0.29) is 5.97 Å². The number of hydrogen-bond acceptors (Lipinski definition) is 3. The Morgan fingerprint density at radius 1 is 1.44 bits per heavy atom. The van der Waals surface area contributed by atoms with Gasteiger partial charge in [0, 0.05) is 0 Å². The molecule has 0 fully saturated rings. The summed E-state index contributed by atoms with van der Waals surface area (Å²) in [5.74, 6) is 0.171. The first kappa shape index (κ1) is 13.0. The van der Waals surface area contributed by atoms with Crippen LogP contribution in [0.1, 0.15) is 28.4 Å². The molecule has 0 saturated heterocycles. The molecule has 4 heteroatoms. The average Bonchev–Trinajstić information content (AvgIpc) is 2.26. The van der Waals surface area contributed by atoms with Gasteiger partial charge in [0.25, 0.3) is 0 Å². The summed E-state index contributed by atoms with van der Waals surface area (Å²) in [6.07, 6.45) is 0. The SMILES string of the molecule is CCOC(=O)c1cc(C)c(C)c(Br)c1OC. The molecule has 0 unspecified atom stereocenters. The van der Waals surface area contributed by atoms with Gasteiger partial charge in [0.1, 0.15) is 11.3 Å². The van der Waals surface area contributed by atoms with Crippen LogP contribution in [0.15, 0.2) is 10.5 Å². The van der Waals surface area contributed by atoms with Crippen molar-refractivity contribution in [3.05, 3.63) is 27.2 Å². The zero-order valence-electron chi connectivity index (χ0n) is 9.89. The number of ether oxygens (including phenoxy) is 2. The van der Waals surface area contributed by atoms with Gasteiger partial charge in [-0.25, -0.2) is 4.79 Å². The number of halogens is 1. The third kappa shape index (κ3) is 2.38. The maximum Gasteiger partial charge on any atom is 0.341 e. The molecule has 0 aliphatic rings. The molecule has 0 amide bonds. The maximum absolute atomic E-state index is 11.7. The molecule has 0 radical (unpaired) electrons.